The summed E-state index contributed by atoms with van der Waals surface area (Å²) in [5.74, 6) is -1.06. The number of benzene rings is 2. The molecule has 1 amide bonds. The lowest BCUT2D eigenvalue weighted by Gasteiger charge is -2.20. The molecule has 0 aliphatic heterocycles. The zero-order valence-corrected chi connectivity index (χ0v) is 16.2. The van der Waals surface area contributed by atoms with E-state index in [1.807, 2.05) is 0 Å². The number of amides is 1. The molecule has 0 radical (unpaired) electrons. The van der Waals surface area contributed by atoms with E-state index in [0.29, 0.717) is 15.6 Å². The van der Waals surface area contributed by atoms with Crippen molar-refractivity contribution in [2.45, 2.75) is 13.1 Å². The quantitative estimate of drug-likeness (QED) is 0.750. The Morgan fingerprint density at radius 1 is 1.15 bits per heavy atom. The number of hydrogen-bond donors (Lipinski definition) is 1. The van der Waals surface area contributed by atoms with Gasteiger partial charge in [0.1, 0.15) is 5.82 Å². The molecular formula is C17H17Cl2FN2O3S. The summed E-state index contributed by atoms with van der Waals surface area (Å²) in [6, 6.07) is 10.7. The van der Waals surface area contributed by atoms with Crippen molar-refractivity contribution >= 4 is 39.1 Å². The number of nitrogens with one attached hydrogen (secondary N) is 1. The molecule has 140 valence electrons. The summed E-state index contributed by atoms with van der Waals surface area (Å²) in [4.78, 5) is 12.1. The van der Waals surface area contributed by atoms with Crippen LogP contribution in [-0.4, -0.2) is 31.4 Å². The van der Waals surface area contributed by atoms with Crippen molar-refractivity contribution < 1.29 is 17.6 Å². The van der Waals surface area contributed by atoms with Crippen LogP contribution in [0.3, 0.4) is 0 Å². The zero-order valence-electron chi connectivity index (χ0n) is 13.9. The summed E-state index contributed by atoms with van der Waals surface area (Å²) >= 11 is 11.8. The fourth-order valence-electron chi connectivity index (χ4n) is 2.18. The van der Waals surface area contributed by atoms with Crippen LogP contribution in [0.15, 0.2) is 42.5 Å². The van der Waals surface area contributed by atoms with Gasteiger partial charge in [0, 0.05) is 28.7 Å². The van der Waals surface area contributed by atoms with Gasteiger partial charge < -0.3 is 5.32 Å². The van der Waals surface area contributed by atoms with Gasteiger partial charge in [0.05, 0.1) is 12.8 Å². The van der Waals surface area contributed by atoms with Gasteiger partial charge in [0.2, 0.25) is 15.9 Å². The topological polar surface area (TPSA) is 66.5 Å². The van der Waals surface area contributed by atoms with E-state index in [1.165, 1.54) is 18.2 Å². The van der Waals surface area contributed by atoms with Crippen molar-refractivity contribution in [3.63, 3.8) is 0 Å². The zero-order chi connectivity index (χ0) is 19.3. The van der Waals surface area contributed by atoms with Crippen LogP contribution in [0.2, 0.25) is 10.0 Å². The van der Waals surface area contributed by atoms with Crippen molar-refractivity contribution in [2.24, 2.45) is 0 Å². The van der Waals surface area contributed by atoms with Crippen LogP contribution in [0.5, 0.6) is 0 Å². The Balaban J connectivity index is 2.04. The summed E-state index contributed by atoms with van der Waals surface area (Å²) in [6.07, 6.45) is 0.969. The van der Waals surface area contributed by atoms with E-state index in [9.17, 15) is 17.6 Å². The molecule has 0 heterocycles. The smallest absolute Gasteiger partial charge is 0.235 e. The minimum atomic E-state index is -3.71. The number of hydrogen-bond acceptors (Lipinski definition) is 3. The van der Waals surface area contributed by atoms with Gasteiger partial charge in [-0.05, 0) is 23.8 Å². The number of sulfonamides is 1. The van der Waals surface area contributed by atoms with Crippen LogP contribution >= 0.6 is 23.2 Å². The monoisotopic (exact) mass is 418 g/mol. The second kappa shape index (κ2) is 8.81. The van der Waals surface area contributed by atoms with Crippen LogP contribution < -0.4 is 5.32 Å². The molecule has 5 nitrogen and oxygen atoms in total. The average Bonchev–Trinajstić information content (AvgIpc) is 2.54. The molecule has 0 saturated carbocycles. The first-order valence-corrected chi connectivity index (χ1v) is 10.2. The predicted octanol–water partition coefficient (Wildman–Crippen LogP) is 3.21. The normalized spacial score (nSPS) is 11.6. The molecular weight excluding hydrogens is 402 g/mol. The van der Waals surface area contributed by atoms with Crippen LogP contribution in [-0.2, 0) is 27.9 Å². The first-order valence-electron chi connectivity index (χ1n) is 7.56. The highest BCUT2D eigenvalue weighted by Gasteiger charge is 2.21. The molecule has 0 aromatic heterocycles. The Hall–Kier alpha value is -1.67. The van der Waals surface area contributed by atoms with Gasteiger partial charge in [-0.2, -0.15) is 4.31 Å². The highest BCUT2D eigenvalue weighted by Crippen LogP contribution is 2.20. The highest BCUT2D eigenvalue weighted by molar-refractivity contribution is 7.88. The predicted molar refractivity (Wildman–Crippen MR) is 100.0 cm³/mol. The number of halogens is 3. The van der Waals surface area contributed by atoms with Gasteiger partial charge in [0.25, 0.3) is 0 Å². The number of carbonyl (C=O) groups is 1. The van der Waals surface area contributed by atoms with E-state index in [-0.39, 0.29) is 18.7 Å². The highest BCUT2D eigenvalue weighted by atomic mass is 35.5. The van der Waals surface area contributed by atoms with Gasteiger partial charge in [-0.25, -0.2) is 12.8 Å². The maximum Gasteiger partial charge on any atom is 0.235 e. The minimum Gasteiger partial charge on any atom is -0.351 e. The third-order valence-corrected chi connectivity index (χ3v) is 5.37. The van der Waals surface area contributed by atoms with Crippen molar-refractivity contribution in [1.29, 1.82) is 0 Å². The third kappa shape index (κ3) is 5.95. The van der Waals surface area contributed by atoms with Gasteiger partial charge in [-0.15, -0.1) is 0 Å². The standard InChI is InChI=1S/C17H17Cl2FN2O3S/c1-26(24,25)22(10-13-4-2-3-5-16(13)20)11-17(23)21-9-12-6-7-14(18)8-15(12)19/h2-8H,9-11H2,1H3,(H,21,23). The van der Waals surface area contributed by atoms with E-state index in [4.69, 9.17) is 23.2 Å². The Morgan fingerprint density at radius 2 is 1.85 bits per heavy atom. The van der Waals surface area contributed by atoms with E-state index in [1.54, 1.807) is 24.3 Å². The van der Waals surface area contributed by atoms with Crippen molar-refractivity contribution in [3.8, 4) is 0 Å². The lowest BCUT2D eigenvalue weighted by atomic mass is 10.2. The van der Waals surface area contributed by atoms with E-state index < -0.39 is 28.3 Å². The molecule has 9 heteroatoms. The molecule has 0 saturated heterocycles. The van der Waals surface area contributed by atoms with Gasteiger partial charge in [0.15, 0.2) is 0 Å². The fourth-order valence-corrected chi connectivity index (χ4v) is 3.38. The number of nitrogens with zero attached hydrogens (tertiary/aromatic N) is 1. The van der Waals surface area contributed by atoms with E-state index in [0.717, 1.165) is 10.6 Å². The van der Waals surface area contributed by atoms with Gasteiger partial charge >= 0.3 is 0 Å². The van der Waals surface area contributed by atoms with E-state index in [2.05, 4.69) is 5.32 Å². The lowest BCUT2D eigenvalue weighted by molar-refractivity contribution is -0.121. The molecule has 2 aromatic rings. The molecule has 0 bridgehead atoms. The van der Waals surface area contributed by atoms with Crippen LogP contribution in [0.4, 0.5) is 4.39 Å². The van der Waals surface area contributed by atoms with Gasteiger partial charge in [-0.3, -0.25) is 4.79 Å². The second-order valence-corrected chi connectivity index (χ2v) is 8.46. The molecule has 0 unspecified atom stereocenters. The van der Waals surface area contributed by atoms with Crippen molar-refractivity contribution in [2.75, 3.05) is 12.8 Å². The largest absolute Gasteiger partial charge is 0.351 e. The first-order chi connectivity index (χ1) is 12.2. The summed E-state index contributed by atoms with van der Waals surface area (Å²) in [5, 5.41) is 3.46. The summed E-state index contributed by atoms with van der Waals surface area (Å²) < 4.78 is 38.6. The van der Waals surface area contributed by atoms with Crippen LogP contribution in [0, 0.1) is 5.82 Å². The number of rotatable bonds is 7. The molecule has 0 spiro atoms. The Morgan fingerprint density at radius 3 is 2.46 bits per heavy atom. The van der Waals surface area contributed by atoms with Gasteiger partial charge in [-0.1, -0.05) is 47.5 Å². The van der Waals surface area contributed by atoms with Crippen LogP contribution in [0.1, 0.15) is 11.1 Å². The maximum atomic E-state index is 13.8. The Labute approximate surface area is 161 Å². The van der Waals surface area contributed by atoms with Crippen molar-refractivity contribution in [3.05, 3.63) is 69.5 Å². The Kier molecular flexibility index (Phi) is 7.00. The maximum absolute atomic E-state index is 13.8. The molecule has 2 rings (SSSR count). The summed E-state index contributed by atoms with van der Waals surface area (Å²) in [6.45, 7) is -0.550. The molecule has 1 N–H and O–H groups in total. The van der Waals surface area contributed by atoms with Crippen molar-refractivity contribution in [1.82, 2.24) is 9.62 Å². The lowest BCUT2D eigenvalue weighted by Crippen LogP contribution is -2.39. The summed E-state index contributed by atoms with van der Waals surface area (Å²) in [7, 11) is -3.71. The molecule has 0 fully saturated rings. The molecule has 0 atom stereocenters. The second-order valence-electron chi connectivity index (χ2n) is 5.63. The fraction of sp³-hybridized carbons (Fsp3) is 0.235. The molecule has 0 aliphatic carbocycles. The first kappa shape index (κ1) is 20.6. The average molecular weight is 419 g/mol. The number of carbonyl (C=O) groups excluding carboxylic acids is 1. The minimum absolute atomic E-state index is 0.117. The molecule has 0 aliphatic rings. The summed E-state index contributed by atoms with van der Waals surface area (Å²) in [5.41, 5.74) is 0.830. The SMILES string of the molecule is CS(=O)(=O)N(CC(=O)NCc1ccc(Cl)cc1Cl)Cc1ccccc1F. The van der Waals surface area contributed by atoms with Crippen LogP contribution in [0.25, 0.3) is 0 Å². The van der Waals surface area contributed by atoms with E-state index >= 15 is 0 Å². The molecule has 26 heavy (non-hydrogen) atoms. The molecule has 2 aromatic carbocycles. The third-order valence-electron chi connectivity index (χ3n) is 3.58. The Bertz CT molecular complexity index is 907.